The highest BCUT2D eigenvalue weighted by atomic mass is 19.4. The van der Waals surface area contributed by atoms with Crippen LogP contribution >= 0.6 is 0 Å². The first kappa shape index (κ1) is 27.6. The predicted octanol–water partition coefficient (Wildman–Crippen LogP) is 8.73. The molecular weight excluding hydrogens is 485 g/mol. The summed E-state index contributed by atoms with van der Waals surface area (Å²) in [5.41, 5.74) is -3.47. The summed E-state index contributed by atoms with van der Waals surface area (Å²) < 4.78 is 121. The molecule has 1 aliphatic carbocycles. The van der Waals surface area contributed by atoms with E-state index in [1.165, 1.54) is 6.08 Å². The van der Waals surface area contributed by atoms with Crippen molar-refractivity contribution in [2.24, 2.45) is 11.8 Å². The molecule has 0 spiro atoms. The number of allylic oxidation sites excluding steroid dienone is 3. The van der Waals surface area contributed by atoms with E-state index in [0.29, 0.717) is 44.0 Å². The molecule has 0 saturated carbocycles. The van der Waals surface area contributed by atoms with Crippen LogP contribution in [0.2, 0.25) is 0 Å². The third-order valence-electron chi connectivity index (χ3n) is 6.91. The number of benzene rings is 1. The molecule has 0 amide bonds. The summed E-state index contributed by atoms with van der Waals surface area (Å²) in [5.74, 6) is -0.202. The van der Waals surface area contributed by atoms with Gasteiger partial charge in [0, 0.05) is 12.1 Å². The van der Waals surface area contributed by atoms with E-state index < -0.39 is 52.9 Å². The second-order valence-corrected chi connectivity index (χ2v) is 9.45. The molecule has 1 aromatic rings. The van der Waals surface area contributed by atoms with Crippen LogP contribution in [-0.2, 0) is 12.4 Å². The summed E-state index contributed by atoms with van der Waals surface area (Å²) in [6.07, 6.45) is -8.78. The topological polar surface area (TPSA) is 3.24 Å². The molecule has 1 fully saturated rings. The molecule has 0 N–H and O–H groups in total. The molecule has 1 heterocycles. The van der Waals surface area contributed by atoms with Crippen molar-refractivity contribution in [1.29, 1.82) is 0 Å². The number of likely N-dealkylation sites (tertiary alicyclic amines) is 1. The number of nitrogens with zero attached hydrogens (tertiary/aromatic N) is 1. The Morgan fingerprint density at radius 1 is 0.971 bits per heavy atom. The van der Waals surface area contributed by atoms with Crippen molar-refractivity contribution in [3.05, 3.63) is 58.7 Å². The van der Waals surface area contributed by atoms with Crippen LogP contribution in [0.15, 0.2) is 42.0 Å². The molecule has 4 atom stereocenters. The van der Waals surface area contributed by atoms with E-state index in [9.17, 15) is 39.5 Å². The van der Waals surface area contributed by atoms with Crippen molar-refractivity contribution in [2.45, 2.75) is 76.6 Å². The zero-order valence-corrected chi connectivity index (χ0v) is 19.4. The summed E-state index contributed by atoms with van der Waals surface area (Å²) >= 11 is 0. The molecule has 0 bridgehead atoms. The Morgan fingerprint density at radius 2 is 1.66 bits per heavy atom. The Kier molecular flexibility index (Phi) is 8.04. The highest BCUT2D eigenvalue weighted by molar-refractivity contribution is 5.38. The molecular formula is C25H28F9N. The van der Waals surface area contributed by atoms with E-state index in [2.05, 4.69) is 0 Å². The molecule has 1 saturated heterocycles. The van der Waals surface area contributed by atoms with E-state index in [0.717, 1.165) is 12.2 Å². The van der Waals surface area contributed by atoms with Crippen molar-refractivity contribution >= 4 is 0 Å². The van der Waals surface area contributed by atoms with Crippen molar-refractivity contribution < 1.29 is 39.5 Å². The molecule has 0 aromatic heterocycles. The minimum atomic E-state index is -4.85. The van der Waals surface area contributed by atoms with Crippen LogP contribution in [0.25, 0.3) is 0 Å². The Labute approximate surface area is 198 Å². The smallest absolute Gasteiger partial charge is 0.293 e. The van der Waals surface area contributed by atoms with Gasteiger partial charge in [-0.15, -0.1) is 0 Å². The minimum absolute atomic E-state index is 0.0623. The van der Waals surface area contributed by atoms with Crippen LogP contribution in [0, 0.1) is 11.8 Å². The van der Waals surface area contributed by atoms with E-state index in [-0.39, 0.29) is 24.7 Å². The fourth-order valence-electron chi connectivity index (χ4n) is 5.19. The van der Waals surface area contributed by atoms with Gasteiger partial charge in [-0.2, -0.15) is 39.5 Å². The van der Waals surface area contributed by atoms with Crippen molar-refractivity contribution in [3.8, 4) is 0 Å². The lowest BCUT2D eigenvalue weighted by Gasteiger charge is -2.47. The third-order valence-corrected chi connectivity index (χ3v) is 6.91. The van der Waals surface area contributed by atoms with Crippen molar-refractivity contribution in [1.82, 2.24) is 4.90 Å². The first-order chi connectivity index (χ1) is 16.1. The van der Waals surface area contributed by atoms with E-state index >= 15 is 0 Å². The van der Waals surface area contributed by atoms with Gasteiger partial charge >= 0.3 is 18.5 Å². The SMILES string of the molecule is CCCC(c1cc(C(F)(F)F)ccc1C(F)(F)F)N1CC[C@H](C)C[C@@H]1C1C=CC(C(F)(F)F)=CC1. The van der Waals surface area contributed by atoms with Gasteiger partial charge in [-0.25, -0.2) is 0 Å². The molecule has 0 radical (unpaired) electrons. The van der Waals surface area contributed by atoms with Crippen LogP contribution in [0.5, 0.6) is 0 Å². The van der Waals surface area contributed by atoms with Crippen LogP contribution in [0.3, 0.4) is 0 Å². The van der Waals surface area contributed by atoms with Gasteiger partial charge in [-0.1, -0.05) is 38.5 Å². The molecule has 35 heavy (non-hydrogen) atoms. The fraction of sp³-hybridized carbons (Fsp3) is 0.600. The fourth-order valence-corrected chi connectivity index (χ4v) is 5.19. The van der Waals surface area contributed by atoms with Crippen molar-refractivity contribution in [3.63, 3.8) is 0 Å². The van der Waals surface area contributed by atoms with Gasteiger partial charge in [0.25, 0.3) is 0 Å². The number of rotatable bonds is 5. The molecule has 1 aromatic carbocycles. The Bertz CT molecular complexity index is 940. The highest BCUT2D eigenvalue weighted by Gasteiger charge is 2.43. The molecule has 196 valence electrons. The van der Waals surface area contributed by atoms with Gasteiger partial charge in [-0.3, -0.25) is 4.90 Å². The van der Waals surface area contributed by atoms with Crippen molar-refractivity contribution in [2.75, 3.05) is 6.54 Å². The number of hydrogen-bond donors (Lipinski definition) is 0. The second-order valence-electron chi connectivity index (χ2n) is 9.45. The van der Waals surface area contributed by atoms with Gasteiger partial charge in [0.05, 0.1) is 16.7 Å². The van der Waals surface area contributed by atoms with E-state index in [1.807, 2.05) is 6.92 Å². The van der Waals surface area contributed by atoms with Gasteiger partial charge in [0.1, 0.15) is 0 Å². The molecule has 10 heteroatoms. The van der Waals surface area contributed by atoms with Gasteiger partial charge in [0.2, 0.25) is 0 Å². The van der Waals surface area contributed by atoms with Gasteiger partial charge in [-0.05, 0) is 67.8 Å². The molecule has 2 aliphatic rings. The lowest BCUT2D eigenvalue weighted by molar-refractivity contribution is -0.142. The summed E-state index contributed by atoms with van der Waals surface area (Å²) in [5, 5.41) is 0. The number of halogens is 9. The Morgan fingerprint density at radius 3 is 2.17 bits per heavy atom. The largest absolute Gasteiger partial charge is 0.416 e. The zero-order chi connectivity index (χ0) is 26.2. The van der Waals surface area contributed by atoms with Gasteiger partial charge in [0.15, 0.2) is 0 Å². The van der Waals surface area contributed by atoms with E-state index in [4.69, 9.17) is 0 Å². The average Bonchev–Trinajstić information content (AvgIpc) is 2.75. The first-order valence-corrected chi connectivity index (χ1v) is 11.6. The van der Waals surface area contributed by atoms with Crippen LogP contribution in [-0.4, -0.2) is 23.7 Å². The van der Waals surface area contributed by atoms with Crippen LogP contribution in [0.1, 0.15) is 68.7 Å². The minimum Gasteiger partial charge on any atom is -0.293 e. The van der Waals surface area contributed by atoms with Crippen LogP contribution in [0.4, 0.5) is 39.5 Å². The predicted molar refractivity (Wildman–Crippen MR) is 114 cm³/mol. The average molecular weight is 513 g/mol. The van der Waals surface area contributed by atoms with Gasteiger partial charge < -0.3 is 0 Å². The standard InChI is InChI=1S/C25H28F9N/c1-3-4-21(19-14-18(24(29,30)31)9-10-20(19)25(32,33)34)35-12-11-15(2)13-22(35)16-5-7-17(8-6-16)23(26,27)28/h5,7-10,14-16,21-22H,3-4,6,11-13H2,1-2H3/t15-,16?,21?,22+/m0/s1. The molecule has 3 rings (SSSR count). The maximum atomic E-state index is 13.9. The lowest BCUT2D eigenvalue weighted by Crippen LogP contribution is -2.48. The van der Waals surface area contributed by atoms with E-state index in [1.54, 1.807) is 11.8 Å². The lowest BCUT2D eigenvalue weighted by atomic mass is 9.79. The summed E-state index contributed by atoms with van der Waals surface area (Å²) in [6, 6.07) is 0.182. The molecule has 1 nitrogen and oxygen atoms in total. The molecule has 2 unspecified atom stereocenters. The number of piperidine rings is 1. The summed E-state index contributed by atoms with van der Waals surface area (Å²) in [4.78, 5) is 1.80. The monoisotopic (exact) mass is 513 g/mol. The second kappa shape index (κ2) is 10.2. The highest BCUT2D eigenvalue weighted by Crippen LogP contribution is 2.45. The maximum Gasteiger partial charge on any atom is 0.416 e. The Hall–Kier alpha value is -1.97. The maximum absolute atomic E-state index is 13.9. The number of hydrogen-bond acceptors (Lipinski definition) is 1. The van der Waals surface area contributed by atoms with Crippen LogP contribution < -0.4 is 0 Å². The summed E-state index contributed by atoms with van der Waals surface area (Å²) in [7, 11) is 0. The zero-order valence-electron chi connectivity index (χ0n) is 19.4. The quantitative estimate of drug-likeness (QED) is 0.356. The normalized spacial score (nSPS) is 25.5. The third kappa shape index (κ3) is 6.43. The first-order valence-electron chi connectivity index (χ1n) is 11.6. The Balaban J connectivity index is 2.05. The molecule has 1 aliphatic heterocycles. The number of alkyl halides is 9. The summed E-state index contributed by atoms with van der Waals surface area (Å²) in [6.45, 7) is 4.06.